The Bertz CT molecular complexity index is 113. The summed E-state index contributed by atoms with van der Waals surface area (Å²) in [5, 5.41) is 5.64. The minimum atomic E-state index is 0.0972. The van der Waals surface area contributed by atoms with Crippen molar-refractivity contribution in [1.82, 2.24) is 10.6 Å². The molecule has 0 saturated carbocycles. The third kappa shape index (κ3) is 4.27. The molecule has 0 heterocycles. The van der Waals surface area contributed by atoms with Crippen LogP contribution in [0.15, 0.2) is 0 Å². The number of amides is 1. The largest absolute Gasteiger partial charge is 0.359 e. The van der Waals surface area contributed by atoms with Gasteiger partial charge in [0.15, 0.2) is 0 Å². The lowest BCUT2D eigenvalue weighted by atomic mass is 10.1. The first-order valence-electron chi connectivity index (χ1n) is 3.61. The van der Waals surface area contributed by atoms with Gasteiger partial charge in [0.2, 0.25) is 5.91 Å². The van der Waals surface area contributed by atoms with Gasteiger partial charge in [-0.3, -0.25) is 4.79 Å². The number of hydrogen-bond acceptors (Lipinski definition) is 3. The van der Waals surface area contributed by atoms with Gasteiger partial charge >= 0.3 is 0 Å². The highest BCUT2D eigenvalue weighted by Crippen LogP contribution is 2.03. The molecule has 1 unspecified atom stereocenters. The van der Waals surface area contributed by atoms with Crippen LogP contribution in [0.5, 0.6) is 0 Å². The van der Waals surface area contributed by atoms with Crippen molar-refractivity contribution >= 4 is 17.7 Å². The van der Waals surface area contributed by atoms with Gasteiger partial charge in [-0.05, 0) is 13.3 Å². The molecule has 0 bridgehead atoms. The first-order valence-corrected chi connectivity index (χ1v) is 5.00. The number of hydrogen-bond donors (Lipinski definition) is 2. The highest BCUT2D eigenvalue weighted by atomic mass is 32.2. The van der Waals surface area contributed by atoms with E-state index in [4.69, 9.17) is 0 Å². The van der Waals surface area contributed by atoms with E-state index in [2.05, 4.69) is 10.6 Å². The average Bonchev–Trinajstić information content (AvgIpc) is 2.03. The first-order chi connectivity index (χ1) is 5.26. The Morgan fingerprint density at radius 2 is 2.18 bits per heavy atom. The maximum atomic E-state index is 11.1. The Morgan fingerprint density at radius 1 is 1.55 bits per heavy atom. The predicted octanol–water partition coefficient (Wildman–Crippen LogP) is -0.0690. The molecule has 4 heteroatoms. The lowest BCUT2D eigenvalue weighted by Gasteiger charge is -2.12. The lowest BCUT2D eigenvalue weighted by Crippen LogP contribution is -2.35. The van der Waals surface area contributed by atoms with Crippen LogP contribution in [0, 0.1) is 5.92 Å². The predicted molar refractivity (Wildman–Crippen MR) is 49.9 cm³/mol. The third-order valence-corrected chi connectivity index (χ3v) is 2.17. The van der Waals surface area contributed by atoms with Crippen molar-refractivity contribution in [2.24, 2.45) is 5.92 Å². The van der Waals surface area contributed by atoms with Gasteiger partial charge in [0, 0.05) is 19.3 Å². The molecule has 66 valence electrons. The normalized spacial score (nSPS) is 12.6. The average molecular weight is 176 g/mol. The molecule has 11 heavy (non-hydrogen) atoms. The molecule has 0 radical (unpaired) electrons. The molecule has 0 aliphatic carbocycles. The van der Waals surface area contributed by atoms with Crippen LogP contribution in [0.25, 0.3) is 0 Å². The molecule has 3 nitrogen and oxygen atoms in total. The fraction of sp³-hybridized carbons (Fsp3) is 0.857. The first kappa shape index (κ1) is 10.8. The number of rotatable bonds is 5. The summed E-state index contributed by atoms with van der Waals surface area (Å²) in [7, 11) is 3.53. The molecule has 0 spiro atoms. The van der Waals surface area contributed by atoms with Gasteiger partial charge in [-0.1, -0.05) is 0 Å². The summed E-state index contributed by atoms with van der Waals surface area (Å²) >= 11 is 1.69. The Labute approximate surface area is 72.3 Å². The third-order valence-electron chi connectivity index (χ3n) is 1.44. The zero-order chi connectivity index (χ0) is 8.69. The highest BCUT2D eigenvalue weighted by Gasteiger charge is 2.14. The minimum absolute atomic E-state index is 0.0972. The molecule has 0 aromatic carbocycles. The van der Waals surface area contributed by atoms with Crippen LogP contribution < -0.4 is 10.6 Å². The van der Waals surface area contributed by atoms with Crippen LogP contribution >= 0.6 is 11.8 Å². The van der Waals surface area contributed by atoms with Gasteiger partial charge in [0.1, 0.15) is 0 Å². The Kier molecular flexibility index (Phi) is 6.36. The van der Waals surface area contributed by atoms with Gasteiger partial charge in [-0.15, -0.1) is 0 Å². The van der Waals surface area contributed by atoms with E-state index in [0.717, 1.165) is 12.3 Å². The smallest absolute Gasteiger partial charge is 0.224 e. The highest BCUT2D eigenvalue weighted by molar-refractivity contribution is 7.98. The molecule has 0 aliphatic rings. The van der Waals surface area contributed by atoms with Crippen molar-refractivity contribution in [3.05, 3.63) is 0 Å². The summed E-state index contributed by atoms with van der Waals surface area (Å²) in [6, 6.07) is 0. The molecule has 1 atom stereocenters. The van der Waals surface area contributed by atoms with Crippen LogP contribution in [0.1, 0.15) is 0 Å². The zero-order valence-corrected chi connectivity index (χ0v) is 8.12. The van der Waals surface area contributed by atoms with E-state index in [9.17, 15) is 4.79 Å². The van der Waals surface area contributed by atoms with E-state index >= 15 is 0 Å². The van der Waals surface area contributed by atoms with Crippen molar-refractivity contribution in [3.63, 3.8) is 0 Å². The van der Waals surface area contributed by atoms with Gasteiger partial charge in [0.25, 0.3) is 0 Å². The summed E-state index contributed by atoms with van der Waals surface area (Å²) in [5.41, 5.74) is 0. The van der Waals surface area contributed by atoms with Gasteiger partial charge < -0.3 is 10.6 Å². The van der Waals surface area contributed by atoms with Crippen molar-refractivity contribution < 1.29 is 4.79 Å². The maximum absolute atomic E-state index is 11.1. The summed E-state index contributed by atoms with van der Waals surface area (Å²) < 4.78 is 0. The Morgan fingerprint density at radius 3 is 2.55 bits per heavy atom. The number of nitrogens with one attached hydrogen (secondary N) is 2. The molecule has 0 aromatic rings. The Hall–Kier alpha value is -0.220. The quantitative estimate of drug-likeness (QED) is 0.616. The molecule has 0 aromatic heterocycles. The van der Waals surface area contributed by atoms with E-state index in [0.29, 0.717) is 0 Å². The van der Waals surface area contributed by atoms with E-state index in [1.807, 2.05) is 13.3 Å². The van der Waals surface area contributed by atoms with Crippen LogP contribution in [-0.2, 0) is 4.79 Å². The van der Waals surface area contributed by atoms with Crippen LogP contribution in [-0.4, -0.2) is 38.6 Å². The van der Waals surface area contributed by atoms with Crippen LogP contribution in [0.2, 0.25) is 0 Å². The van der Waals surface area contributed by atoms with Crippen molar-refractivity contribution in [3.8, 4) is 0 Å². The summed E-state index contributed by atoms with van der Waals surface area (Å²) in [6.45, 7) is 0.751. The monoisotopic (exact) mass is 176 g/mol. The second-order valence-electron chi connectivity index (χ2n) is 2.32. The van der Waals surface area contributed by atoms with Gasteiger partial charge in [-0.2, -0.15) is 11.8 Å². The fourth-order valence-electron chi connectivity index (χ4n) is 0.879. The minimum Gasteiger partial charge on any atom is -0.359 e. The van der Waals surface area contributed by atoms with Crippen LogP contribution in [0.4, 0.5) is 0 Å². The SMILES string of the molecule is CNCC(CSC)C(=O)NC. The molecule has 1 amide bonds. The van der Waals surface area contributed by atoms with Crippen molar-refractivity contribution in [2.75, 3.05) is 32.6 Å². The number of thioether (sulfide) groups is 1. The number of carbonyl (C=O) groups is 1. The molecule has 0 saturated heterocycles. The standard InChI is InChI=1S/C7H16N2OS/c1-8-4-6(5-11-3)7(10)9-2/h6,8H,4-5H2,1-3H3,(H,9,10). The Balaban J connectivity index is 3.76. The van der Waals surface area contributed by atoms with Crippen molar-refractivity contribution in [2.45, 2.75) is 0 Å². The molecule has 0 rings (SSSR count). The van der Waals surface area contributed by atoms with E-state index < -0.39 is 0 Å². The van der Waals surface area contributed by atoms with Crippen molar-refractivity contribution in [1.29, 1.82) is 0 Å². The fourth-order valence-corrected chi connectivity index (χ4v) is 1.55. The number of carbonyl (C=O) groups excluding carboxylic acids is 1. The second-order valence-corrected chi connectivity index (χ2v) is 3.23. The van der Waals surface area contributed by atoms with E-state index in [1.54, 1.807) is 18.8 Å². The molecule has 0 aliphatic heterocycles. The summed E-state index contributed by atoms with van der Waals surface area (Å²) in [4.78, 5) is 11.1. The molecule has 0 fully saturated rings. The molecular formula is C7H16N2OS. The topological polar surface area (TPSA) is 41.1 Å². The van der Waals surface area contributed by atoms with Gasteiger partial charge in [0.05, 0.1) is 5.92 Å². The molecular weight excluding hydrogens is 160 g/mol. The molecule has 2 N–H and O–H groups in total. The van der Waals surface area contributed by atoms with Crippen LogP contribution in [0.3, 0.4) is 0 Å². The second kappa shape index (κ2) is 6.49. The van der Waals surface area contributed by atoms with E-state index in [1.165, 1.54) is 0 Å². The zero-order valence-electron chi connectivity index (χ0n) is 7.31. The maximum Gasteiger partial charge on any atom is 0.224 e. The lowest BCUT2D eigenvalue weighted by molar-refractivity contribution is -0.123. The van der Waals surface area contributed by atoms with E-state index in [-0.39, 0.29) is 11.8 Å². The summed E-state index contributed by atoms with van der Waals surface area (Å²) in [6.07, 6.45) is 2.01. The van der Waals surface area contributed by atoms with Gasteiger partial charge in [-0.25, -0.2) is 0 Å². The summed E-state index contributed by atoms with van der Waals surface area (Å²) in [5.74, 6) is 1.09.